The maximum Gasteiger partial charge on any atom is 0.317 e. The van der Waals surface area contributed by atoms with Gasteiger partial charge in [0.25, 0.3) is 5.56 Å². The fourth-order valence-electron chi connectivity index (χ4n) is 3.99. The molecule has 9 nitrogen and oxygen atoms in total. The summed E-state index contributed by atoms with van der Waals surface area (Å²) in [6.45, 7) is 4.09. The van der Waals surface area contributed by atoms with Gasteiger partial charge in [0.2, 0.25) is 0 Å². The Labute approximate surface area is 188 Å². The molecule has 4 aromatic rings. The van der Waals surface area contributed by atoms with E-state index < -0.39 is 0 Å². The fourth-order valence-corrected chi connectivity index (χ4v) is 4.73. The fraction of sp³-hybridized carbons (Fsp3) is 0.364. The number of hydrogen-bond donors (Lipinski definition) is 2. The molecule has 166 valence electrons. The van der Waals surface area contributed by atoms with Gasteiger partial charge >= 0.3 is 6.03 Å². The lowest BCUT2D eigenvalue weighted by Gasteiger charge is -2.34. The van der Waals surface area contributed by atoms with E-state index in [1.165, 1.54) is 11.3 Å². The summed E-state index contributed by atoms with van der Waals surface area (Å²) in [5, 5.41) is 4.88. The van der Waals surface area contributed by atoms with Gasteiger partial charge in [0.15, 0.2) is 4.96 Å². The first-order valence-electron chi connectivity index (χ1n) is 10.8. The van der Waals surface area contributed by atoms with Gasteiger partial charge in [-0.15, -0.1) is 11.3 Å². The topological polar surface area (TPSA) is 98.6 Å². The number of nitrogens with one attached hydrogen (secondary N) is 2. The molecular weight excluding hydrogens is 426 g/mol. The third-order valence-electron chi connectivity index (χ3n) is 5.71. The molecule has 0 atom stereocenters. The van der Waals surface area contributed by atoms with Crippen LogP contribution in [0.4, 0.5) is 4.79 Å². The average Bonchev–Trinajstić information content (AvgIpc) is 3.44. The van der Waals surface area contributed by atoms with Crippen molar-refractivity contribution in [2.45, 2.75) is 19.4 Å². The van der Waals surface area contributed by atoms with Crippen molar-refractivity contribution in [1.29, 1.82) is 0 Å². The predicted molar refractivity (Wildman–Crippen MR) is 124 cm³/mol. The Bertz CT molecular complexity index is 1250. The van der Waals surface area contributed by atoms with Gasteiger partial charge in [-0.3, -0.25) is 14.1 Å². The molecule has 0 radical (unpaired) electrons. The van der Waals surface area contributed by atoms with Crippen molar-refractivity contribution in [2.75, 3.05) is 32.7 Å². The molecule has 5 rings (SSSR count). The molecule has 0 saturated carbocycles. The molecule has 1 aliphatic rings. The van der Waals surface area contributed by atoms with Crippen molar-refractivity contribution in [2.24, 2.45) is 0 Å². The van der Waals surface area contributed by atoms with E-state index >= 15 is 0 Å². The van der Waals surface area contributed by atoms with Crippen LogP contribution >= 0.6 is 11.3 Å². The molecule has 3 aromatic heterocycles. The second-order valence-corrected chi connectivity index (χ2v) is 8.81. The molecule has 2 amide bonds. The first-order chi connectivity index (χ1) is 15.7. The van der Waals surface area contributed by atoms with E-state index in [9.17, 15) is 9.59 Å². The molecule has 0 unspecified atom stereocenters. The van der Waals surface area contributed by atoms with Gasteiger partial charge in [-0.2, -0.15) is 0 Å². The smallest absolute Gasteiger partial charge is 0.317 e. The van der Waals surface area contributed by atoms with Crippen molar-refractivity contribution in [3.8, 4) is 0 Å². The molecule has 0 aliphatic carbocycles. The van der Waals surface area contributed by atoms with Gasteiger partial charge in [-0.05, 0) is 18.6 Å². The van der Waals surface area contributed by atoms with Crippen molar-refractivity contribution in [3.05, 3.63) is 63.8 Å². The highest BCUT2D eigenvalue weighted by Gasteiger charge is 2.21. The van der Waals surface area contributed by atoms with Crippen molar-refractivity contribution in [1.82, 2.24) is 34.5 Å². The Kier molecular flexibility index (Phi) is 5.87. The zero-order valence-electron chi connectivity index (χ0n) is 17.7. The average molecular weight is 452 g/mol. The molecule has 1 aromatic carbocycles. The van der Waals surface area contributed by atoms with Crippen molar-refractivity contribution >= 4 is 33.4 Å². The minimum Gasteiger partial charge on any atom is -0.342 e. The molecule has 10 heteroatoms. The van der Waals surface area contributed by atoms with Gasteiger partial charge in [-0.25, -0.2) is 14.8 Å². The number of imidazole rings is 1. The molecule has 2 N–H and O–H groups in total. The van der Waals surface area contributed by atoms with Gasteiger partial charge in [-0.1, -0.05) is 12.1 Å². The number of carbonyl (C=O) groups excluding carboxylic acids is 1. The standard InChI is InChI=1S/C22H25N7O2S/c30-20-14-16(24-22-29(20)12-13-32-22)15-27-8-10-28(11-9-27)21(31)23-7-3-6-19-25-17-4-1-2-5-18(17)26-19/h1-2,4-5,12-14H,3,6-11,15H2,(H,23,31)(H,25,26). The third kappa shape index (κ3) is 4.51. The quantitative estimate of drug-likeness (QED) is 0.438. The van der Waals surface area contributed by atoms with Crippen LogP contribution < -0.4 is 10.9 Å². The monoisotopic (exact) mass is 451 g/mol. The highest BCUT2D eigenvalue weighted by molar-refractivity contribution is 7.15. The number of H-pyrrole nitrogens is 1. The zero-order valence-corrected chi connectivity index (χ0v) is 18.5. The summed E-state index contributed by atoms with van der Waals surface area (Å²) >= 11 is 1.46. The van der Waals surface area contributed by atoms with Crippen LogP contribution in [0.25, 0.3) is 16.0 Å². The van der Waals surface area contributed by atoms with Crippen LogP contribution in [-0.4, -0.2) is 67.9 Å². The van der Waals surface area contributed by atoms with Crippen molar-refractivity contribution < 1.29 is 4.79 Å². The van der Waals surface area contributed by atoms with Crippen LogP contribution in [0.2, 0.25) is 0 Å². The van der Waals surface area contributed by atoms with Gasteiger partial charge in [0.1, 0.15) is 5.82 Å². The number of aromatic nitrogens is 4. The highest BCUT2D eigenvalue weighted by Crippen LogP contribution is 2.12. The maximum absolute atomic E-state index is 12.5. The number of amides is 2. The molecule has 0 spiro atoms. The number of hydrogen-bond acceptors (Lipinski definition) is 6. The number of urea groups is 1. The molecule has 4 heterocycles. The second-order valence-electron chi connectivity index (χ2n) is 7.94. The van der Waals surface area contributed by atoms with Crippen LogP contribution in [0.5, 0.6) is 0 Å². The van der Waals surface area contributed by atoms with Crippen LogP contribution in [0.3, 0.4) is 0 Å². The molecule has 1 aliphatic heterocycles. The van der Waals surface area contributed by atoms with E-state index in [0.29, 0.717) is 31.1 Å². The lowest BCUT2D eigenvalue weighted by atomic mass is 10.3. The Hall–Kier alpha value is -3.24. The summed E-state index contributed by atoms with van der Waals surface area (Å²) in [6.07, 6.45) is 3.37. The Morgan fingerprint density at radius 1 is 1.16 bits per heavy atom. The number of piperazine rings is 1. The molecular formula is C22H25N7O2S. The van der Waals surface area contributed by atoms with E-state index in [2.05, 4.69) is 25.2 Å². The molecule has 32 heavy (non-hydrogen) atoms. The van der Waals surface area contributed by atoms with E-state index in [-0.39, 0.29) is 11.6 Å². The van der Waals surface area contributed by atoms with E-state index in [4.69, 9.17) is 0 Å². The summed E-state index contributed by atoms with van der Waals surface area (Å²) in [4.78, 5) is 41.9. The summed E-state index contributed by atoms with van der Waals surface area (Å²) in [5.74, 6) is 0.947. The van der Waals surface area contributed by atoms with Gasteiger partial charge in [0, 0.05) is 63.3 Å². The highest BCUT2D eigenvalue weighted by atomic mass is 32.1. The number of aromatic amines is 1. The predicted octanol–water partition coefficient (Wildman–Crippen LogP) is 2.09. The summed E-state index contributed by atoms with van der Waals surface area (Å²) < 4.78 is 1.56. The number of para-hydroxylation sites is 2. The molecule has 1 saturated heterocycles. The Balaban J connectivity index is 1.05. The first kappa shape index (κ1) is 20.7. The Morgan fingerprint density at radius 3 is 2.84 bits per heavy atom. The van der Waals surface area contributed by atoms with Crippen LogP contribution in [0.1, 0.15) is 17.9 Å². The number of aryl methyl sites for hydroxylation is 1. The van der Waals surface area contributed by atoms with Crippen LogP contribution in [0.15, 0.2) is 46.7 Å². The summed E-state index contributed by atoms with van der Waals surface area (Å²) in [6, 6.07) is 9.55. The van der Waals surface area contributed by atoms with Gasteiger partial charge in [0.05, 0.1) is 16.7 Å². The largest absolute Gasteiger partial charge is 0.342 e. The van der Waals surface area contributed by atoms with Crippen LogP contribution in [-0.2, 0) is 13.0 Å². The minimum atomic E-state index is -0.0492. The van der Waals surface area contributed by atoms with E-state index in [1.54, 1.807) is 16.7 Å². The lowest BCUT2D eigenvalue weighted by molar-refractivity contribution is 0.134. The first-order valence-corrected chi connectivity index (χ1v) is 11.7. The zero-order chi connectivity index (χ0) is 21.9. The number of fused-ring (bicyclic) bond motifs is 2. The summed E-state index contributed by atoms with van der Waals surface area (Å²) in [5.41, 5.74) is 2.74. The SMILES string of the molecule is O=C(NCCCc1nc2ccccc2[nH]1)N1CCN(Cc2cc(=O)n3ccsc3n2)CC1. The number of rotatable bonds is 6. The Morgan fingerprint density at radius 2 is 2.00 bits per heavy atom. The lowest BCUT2D eigenvalue weighted by Crippen LogP contribution is -2.51. The third-order valence-corrected chi connectivity index (χ3v) is 6.46. The summed E-state index contributed by atoms with van der Waals surface area (Å²) in [7, 11) is 0. The van der Waals surface area contributed by atoms with Crippen molar-refractivity contribution in [3.63, 3.8) is 0 Å². The number of carbonyl (C=O) groups is 1. The number of thiazole rings is 1. The van der Waals surface area contributed by atoms with Gasteiger partial charge < -0.3 is 15.2 Å². The molecule has 0 bridgehead atoms. The molecule has 1 fully saturated rings. The normalized spacial score (nSPS) is 14.9. The van der Waals surface area contributed by atoms with E-state index in [1.807, 2.05) is 34.5 Å². The maximum atomic E-state index is 12.5. The van der Waals surface area contributed by atoms with Crippen LogP contribution in [0, 0.1) is 0 Å². The minimum absolute atomic E-state index is 0.0226. The van der Waals surface area contributed by atoms with E-state index in [0.717, 1.165) is 48.5 Å². The number of nitrogens with zero attached hydrogens (tertiary/aromatic N) is 5. The second kappa shape index (κ2) is 9.09. The number of benzene rings is 1.